The van der Waals surface area contributed by atoms with Crippen LogP contribution in [0.15, 0.2) is 60.7 Å². The smallest absolute Gasteiger partial charge is 0.408 e. The largest absolute Gasteiger partial charge is 0.461 e. The zero-order valence-electron chi connectivity index (χ0n) is 33.0. The maximum atomic E-state index is 12.5. The lowest BCUT2D eigenvalue weighted by Gasteiger charge is -2.28. The average Bonchev–Trinajstić information content (AvgIpc) is 2.99. The van der Waals surface area contributed by atoms with E-state index in [0.717, 1.165) is 11.1 Å². The molecule has 2 rings (SSSR count). The molecule has 2 aromatic rings. The number of esters is 2. The van der Waals surface area contributed by atoms with E-state index < -0.39 is 53.3 Å². The molecular formula is C40H61N3O9. The molecule has 0 bridgehead atoms. The number of alkyl carbamates (subject to hydrolysis) is 2. The monoisotopic (exact) mass is 727 g/mol. The Morgan fingerprint density at radius 2 is 0.981 bits per heavy atom. The Hall–Kier alpha value is -4.45. The third-order valence-electron chi connectivity index (χ3n) is 7.17. The third-order valence-corrected chi connectivity index (χ3v) is 7.17. The zero-order valence-corrected chi connectivity index (χ0v) is 33.0. The second-order valence-electron chi connectivity index (χ2n) is 15.3. The lowest BCUT2D eigenvalue weighted by Crippen LogP contribution is -2.46. The highest BCUT2D eigenvalue weighted by Crippen LogP contribution is 2.26. The van der Waals surface area contributed by atoms with Crippen LogP contribution in [-0.2, 0) is 33.3 Å². The summed E-state index contributed by atoms with van der Waals surface area (Å²) in [6.07, 6.45) is -1.57. The first-order valence-corrected chi connectivity index (χ1v) is 17.7. The van der Waals surface area contributed by atoms with Gasteiger partial charge in [0.1, 0.15) is 29.1 Å². The predicted molar refractivity (Wildman–Crippen MR) is 201 cm³/mol. The van der Waals surface area contributed by atoms with Gasteiger partial charge in [0.15, 0.2) is 0 Å². The van der Waals surface area contributed by atoms with E-state index in [1.54, 1.807) is 69.2 Å². The van der Waals surface area contributed by atoms with Crippen LogP contribution in [0.25, 0.3) is 0 Å². The van der Waals surface area contributed by atoms with Crippen LogP contribution >= 0.6 is 0 Å². The van der Waals surface area contributed by atoms with Crippen LogP contribution in [0, 0.1) is 0 Å². The fourth-order valence-electron chi connectivity index (χ4n) is 5.02. The van der Waals surface area contributed by atoms with Gasteiger partial charge in [-0.3, -0.25) is 4.79 Å². The lowest BCUT2D eigenvalue weighted by atomic mass is 9.87. The van der Waals surface area contributed by atoms with Gasteiger partial charge in [-0.25, -0.2) is 19.2 Å². The number of hydrogen-bond donors (Lipinski definition) is 3. The topological polar surface area (TPSA) is 172 Å². The Bertz CT molecular complexity index is 1420. The second kappa shape index (κ2) is 21.2. The molecule has 0 aliphatic rings. The van der Waals surface area contributed by atoms with Crippen molar-refractivity contribution < 1.29 is 42.9 Å². The molecular weight excluding hydrogens is 666 g/mol. The molecule has 0 spiro atoms. The van der Waals surface area contributed by atoms with Crippen LogP contribution in [0.4, 0.5) is 9.59 Å². The summed E-state index contributed by atoms with van der Waals surface area (Å²) in [6, 6.07) is 16.8. The van der Waals surface area contributed by atoms with Crippen LogP contribution in [0.5, 0.6) is 0 Å². The van der Waals surface area contributed by atoms with Gasteiger partial charge in [0.25, 0.3) is 0 Å². The Kier molecular flexibility index (Phi) is 18.5. The number of carbonyl (C=O) groups excluding carboxylic acids is 5. The van der Waals surface area contributed by atoms with Crippen LogP contribution in [0.1, 0.15) is 119 Å². The van der Waals surface area contributed by atoms with Crippen LogP contribution < -0.4 is 16.4 Å². The van der Waals surface area contributed by atoms with Gasteiger partial charge < -0.3 is 35.3 Å². The molecule has 2 aromatic carbocycles. The number of hydrogen-bond acceptors (Lipinski definition) is 10. The Morgan fingerprint density at radius 3 is 1.31 bits per heavy atom. The van der Waals surface area contributed by atoms with Gasteiger partial charge in [0, 0.05) is 17.9 Å². The van der Waals surface area contributed by atoms with Gasteiger partial charge >= 0.3 is 24.1 Å². The minimum Gasteiger partial charge on any atom is -0.461 e. The minimum absolute atomic E-state index is 0.0930. The number of Topliss-reactive ketones (excluding diaryl/α,β-unsaturated/α-hetero) is 1. The van der Waals surface area contributed by atoms with E-state index in [1.807, 2.05) is 67.6 Å². The van der Waals surface area contributed by atoms with Crippen LogP contribution in [0.2, 0.25) is 0 Å². The summed E-state index contributed by atoms with van der Waals surface area (Å²) in [7, 11) is 0. The molecule has 290 valence electrons. The highest BCUT2D eigenvalue weighted by molar-refractivity contribution is 5.86. The maximum Gasteiger partial charge on any atom is 0.408 e. The van der Waals surface area contributed by atoms with Crippen molar-refractivity contribution in [2.75, 3.05) is 0 Å². The van der Waals surface area contributed by atoms with Gasteiger partial charge in [0.05, 0.1) is 12.2 Å². The Labute approximate surface area is 309 Å². The van der Waals surface area contributed by atoms with E-state index in [-0.39, 0.29) is 36.4 Å². The lowest BCUT2D eigenvalue weighted by molar-refractivity contribution is -0.151. The fourth-order valence-corrected chi connectivity index (χ4v) is 5.02. The molecule has 0 saturated carbocycles. The maximum absolute atomic E-state index is 12.5. The van der Waals surface area contributed by atoms with Crippen molar-refractivity contribution in [3.63, 3.8) is 0 Å². The van der Waals surface area contributed by atoms with Crippen molar-refractivity contribution >= 4 is 29.9 Å². The molecule has 0 heterocycles. The summed E-state index contributed by atoms with van der Waals surface area (Å²) >= 11 is 0. The van der Waals surface area contributed by atoms with Crippen molar-refractivity contribution in [1.29, 1.82) is 0 Å². The zero-order chi connectivity index (χ0) is 39.8. The first-order chi connectivity index (χ1) is 24.0. The number of benzene rings is 2. The minimum atomic E-state index is -0.985. The predicted octanol–water partition coefficient (Wildman–Crippen LogP) is 6.95. The normalized spacial score (nSPS) is 14.4. The highest BCUT2D eigenvalue weighted by atomic mass is 16.6. The van der Waals surface area contributed by atoms with Crippen LogP contribution in [0.3, 0.4) is 0 Å². The summed E-state index contributed by atoms with van der Waals surface area (Å²) in [6.45, 7) is 20.8. The van der Waals surface area contributed by atoms with E-state index in [9.17, 15) is 24.0 Å². The second-order valence-corrected chi connectivity index (χ2v) is 15.3. The number of rotatable bonds is 14. The average molecular weight is 728 g/mol. The standard InChI is InChI=1S/C20H32N2O4.C20H29NO5/c1-13(2)25-18(23)17(22-19(24)26-20(4,5)6)12-16(14(3)21)15-10-8-7-9-11-15;1-13(2)25-18(23)17(21-19(24)26-20(4,5)6)12-16(14(3)22)15-10-8-7-9-11-15/h7-11,13-14,16-17H,12,21H2,1-6H3,(H,22,24);7-11,13,16-17H,12H2,1-6H3,(H,21,24)/t14?,16-,17-;16-,17+/m11/s1. The van der Waals surface area contributed by atoms with Gasteiger partial charge in [-0.15, -0.1) is 0 Å². The van der Waals surface area contributed by atoms with Crippen molar-refractivity contribution in [2.24, 2.45) is 5.73 Å². The van der Waals surface area contributed by atoms with Crippen molar-refractivity contribution in [3.8, 4) is 0 Å². The summed E-state index contributed by atoms with van der Waals surface area (Å²) < 4.78 is 21.1. The van der Waals surface area contributed by atoms with E-state index in [2.05, 4.69) is 10.6 Å². The molecule has 0 fully saturated rings. The van der Waals surface area contributed by atoms with Crippen molar-refractivity contribution in [1.82, 2.24) is 10.6 Å². The SMILES string of the molecule is CC(=O)[C@@H](C[C@H](NC(=O)OC(C)(C)C)C(=O)OC(C)C)c1ccccc1.CC(C)OC(=O)[C@@H](C[C@@H](c1ccccc1)C(C)N)NC(=O)OC(C)(C)C. The first-order valence-electron chi connectivity index (χ1n) is 17.7. The molecule has 0 aliphatic carbocycles. The number of nitrogens with one attached hydrogen (secondary N) is 2. The van der Waals surface area contributed by atoms with Crippen molar-refractivity contribution in [2.45, 2.75) is 149 Å². The first kappa shape index (κ1) is 45.6. The number of amides is 2. The number of ketones is 1. The van der Waals surface area contributed by atoms with Crippen LogP contribution in [-0.4, -0.2) is 71.4 Å². The molecule has 0 radical (unpaired) electrons. The third kappa shape index (κ3) is 18.7. The molecule has 0 aliphatic heterocycles. The summed E-state index contributed by atoms with van der Waals surface area (Å²) in [4.78, 5) is 61.4. The van der Waals surface area contributed by atoms with Gasteiger partial charge in [-0.1, -0.05) is 60.7 Å². The molecule has 12 nitrogen and oxygen atoms in total. The van der Waals surface area contributed by atoms with E-state index >= 15 is 0 Å². The fraction of sp³-hybridized carbons (Fsp3) is 0.575. The molecule has 12 heteroatoms. The van der Waals surface area contributed by atoms with Crippen molar-refractivity contribution in [3.05, 3.63) is 71.8 Å². The van der Waals surface area contributed by atoms with E-state index in [0.29, 0.717) is 6.42 Å². The van der Waals surface area contributed by atoms with Gasteiger partial charge in [0.2, 0.25) is 0 Å². The molecule has 0 aromatic heterocycles. The Balaban J connectivity index is 0.000000520. The molecule has 1 unspecified atom stereocenters. The van der Waals surface area contributed by atoms with Gasteiger partial charge in [-0.2, -0.15) is 0 Å². The molecule has 4 N–H and O–H groups in total. The van der Waals surface area contributed by atoms with Gasteiger partial charge in [-0.05, 0) is 107 Å². The Morgan fingerprint density at radius 1 is 0.615 bits per heavy atom. The molecule has 52 heavy (non-hydrogen) atoms. The molecule has 5 atom stereocenters. The summed E-state index contributed by atoms with van der Waals surface area (Å²) in [5.74, 6) is -1.82. The summed E-state index contributed by atoms with van der Waals surface area (Å²) in [5.41, 5.74) is 6.60. The number of carbonyl (C=O) groups is 5. The van der Waals surface area contributed by atoms with E-state index in [4.69, 9.17) is 24.7 Å². The number of ether oxygens (including phenoxy) is 4. The number of nitrogens with two attached hydrogens (primary N) is 1. The molecule has 0 saturated heterocycles. The molecule has 2 amide bonds. The quantitative estimate of drug-likeness (QED) is 0.137. The summed E-state index contributed by atoms with van der Waals surface area (Å²) in [5, 5.41) is 5.19. The van der Waals surface area contributed by atoms with E-state index in [1.165, 1.54) is 6.92 Å². The highest BCUT2D eigenvalue weighted by Gasteiger charge is 2.32.